The van der Waals surface area contributed by atoms with Gasteiger partial charge in [0.05, 0.1) is 17.7 Å². The third-order valence-corrected chi connectivity index (χ3v) is 3.27. The second kappa shape index (κ2) is 4.44. The Hall–Kier alpha value is -0.0600. The average molecular weight is 328 g/mol. The van der Waals surface area contributed by atoms with Crippen LogP contribution in [0.1, 0.15) is 10.4 Å². The monoisotopic (exact) mass is 326 g/mol. The zero-order valence-electron chi connectivity index (χ0n) is 6.61. The van der Waals surface area contributed by atoms with Crippen molar-refractivity contribution >= 4 is 49.4 Å². The Morgan fingerprint density at radius 2 is 2.00 bits per heavy atom. The number of benzene rings is 1. The Morgan fingerprint density at radius 3 is 2.54 bits per heavy atom. The van der Waals surface area contributed by atoms with Crippen LogP contribution in [0.3, 0.4) is 0 Å². The van der Waals surface area contributed by atoms with Crippen molar-refractivity contribution in [2.45, 2.75) is 0 Å². The zero-order chi connectivity index (χ0) is 10.0. The average Bonchev–Trinajstić information content (AvgIpc) is 2.10. The second-order valence-electron chi connectivity index (χ2n) is 2.24. The van der Waals surface area contributed by atoms with Crippen molar-refractivity contribution in [3.8, 4) is 0 Å². The molecule has 1 rings (SSSR count). The van der Waals surface area contributed by atoms with Gasteiger partial charge in [-0.05, 0) is 44.0 Å². The minimum Gasteiger partial charge on any atom is -0.465 e. The molecule has 13 heavy (non-hydrogen) atoms. The van der Waals surface area contributed by atoms with E-state index in [1.807, 2.05) is 0 Å². The SMILES string of the molecule is COC(=O)c1cc(Br)c(Cl)cc1Br. The van der Waals surface area contributed by atoms with Crippen LogP contribution in [-0.4, -0.2) is 13.1 Å². The Balaban J connectivity index is 3.23. The maximum atomic E-state index is 11.2. The van der Waals surface area contributed by atoms with Gasteiger partial charge in [0.25, 0.3) is 0 Å². The van der Waals surface area contributed by atoms with Crippen molar-refractivity contribution in [3.05, 3.63) is 31.7 Å². The molecule has 0 saturated carbocycles. The van der Waals surface area contributed by atoms with Crippen molar-refractivity contribution in [3.63, 3.8) is 0 Å². The molecule has 2 nitrogen and oxygen atoms in total. The van der Waals surface area contributed by atoms with Gasteiger partial charge in [0, 0.05) is 8.95 Å². The van der Waals surface area contributed by atoms with E-state index in [9.17, 15) is 4.79 Å². The van der Waals surface area contributed by atoms with E-state index in [1.54, 1.807) is 12.1 Å². The smallest absolute Gasteiger partial charge is 0.339 e. The first kappa shape index (κ1) is 11.0. The summed E-state index contributed by atoms with van der Waals surface area (Å²) in [6, 6.07) is 3.25. The largest absolute Gasteiger partial charge is 0.465 e. The van der Waals surface area contributed by atoms with Crippen LogP contribution < -0.4 is 0 Å². The van der Waals surface area contributed by atoms with Gasteiger partial charge >= 0.3 is 5.97 Å². The van der Waals surface area contributed by atoms with Crippen molar-refractivity contribution in [2.75, 3.05) is 7.11 Å². The van der Waals surface area contributed by atoms with Gasteiger partial charge in [0.15, 0.2) is 0 Å². The van der Waals surface area contributed by atoms with E-state index >= 15 is 0 Å². The normalized spacial score (nSPS) is 9.85. The molecule has 0 aliphatic carbocycles. The number of hydrogen-bond donors (Lipinski definition) is 0. The highest BCUT2D eigenvalue weighted by molar-refractivity contribution is 9.11. The fraction of sp³-hybridized carbons (Fsp3) is 0.125. The summed E-state index contributed by atoms with van der Waals surface area (Å²) in [6.45, 7) is 0. The Morgan fingerprint density at radius 1 is 1.38 bits per heavy atom. The lowest BCUT2D eigenvalue weighted by Gasteiger charge is -2.04. The molecule has 0 spiro atoms. The van der Waals surface area contributed by atoms with Crippen LogP contribution in [0.2, 0.25) is 5.02 Å². The lowest BCUT2D eigenvalue weighted by Crippen LogP contribution is -2.02. The number of hydrogen-bond acceptors (Lipinski definition) is 2. The molecule has 0 radical (unpaired) electrons. The number of methoxy groups -OCH3 is 1. The van der Waals surface area contributed by atoms with Gasteiger partial charge in [-0.15, -0.1) is 0 Å². The molecule has 0 bridgehead atoms. The maximum absolute atomic E-state index is 11.2. The Labute approximate surface area is 97.5 Å². The molecule has 0 amide bonds. The van der Waals surface area contributed by atoms with E-state index in [-0.39, 0.29) is 0 Å². The summed E-state index contributed by atoms with van der Waals surface area (Å²) < 4.78 is 5.86. The van der Waals surface area contributed by atoms with Crippen LogP contribution in [0.4, 0.5) is 0 Å². The Bertz CT molecular complexity index is 352. The van der Waals surface area contributed by atoms with Gasteiger partial charge in [0.2, 0.25) is 0 Å². The van der Waals surface area contributed by atoms with E-state index in [2.05, 4.69) is 36.6 Å². The molecule has 5 heteroatoms. The lowest BCUT2D eigenvalue weighted by molar-refractivity contribution is 0.0599. The molecule has 1 aromatic carbocycles. The number of carbonyl (C=O) groups excluding carboxylic acids is 1. The van der Waals surface area contributed by atoms with Crippen LogP contribution in [0, 0.1) is 0 Å². The van der Waals surface area contributed by atoms with Crippen molar-refractivity contribution < 1.29 is 9.53 Å². The molecule has 0 N–H and O–H groups in total. The van der Waals surface area contributed by atoms with Crippen molar-refractivity contribution in [1.82, 2.24) is 0 Å². The minimum absolute atomic E-state index is 0.399. The standard InChI is InChI=1S/C8H5Br2ClO2/c1-13-8(12)4-2-6(10)7(11)3-5(4)9/h2-3H,1H3. The van der Waals surface area contributed by atoms with Gasteiger partial charge in [0.1, 0.15) is 0 Å². The quantitative estimate of drug-likeness (QED) is 0.581. The molecule has 0 heterocycles. The van der Waals surface area contributed by atoms with E-state index in [0.717, 1.165) is 0 Å². The van der Waals surface area contributed by atoms with Crippen LogP contribution >= 0.6 is 43.5 Å². The predicted molar refractivity (Wildman–Crippen MR) is 58.2 cm³/mol. The van der Waals surface area contributed by atoms with Gasteiger partial charge in [-0.3, -0.25) is 0 Å². The number of rotatable bonds is 1. The Kier molecular flexibility index (Phi) is 3.76. The summed E-state index contributed by atoms with van der Waals surface area (Å²) in [6.07, 6.45) is 0. The predicted octanol–water partition coefficient (Wildman–Crippen LogP) is 3.65. The molecule has 0 aromatic heterocycles. The molecule has 70 valence electrons. The molecule has 0 unspecified atom stereocenters. The third kappa shape index (κ3) is 2.45. The van der Waals surface area contributed by atoms with E-state index < -0.39 is 5.97 Å². The zero-order valence-corrected chi connectivity index (χ0v) is 10.5. The molecule has 0 fully saturated rings. The van der Waals surface area contributed by atoms with Gasteiger partial charge < -0.3 is 4.74 Å². The fourth-order valence-corrected chi connectivity index (χ4v) is 1.93. The molecule has 0 atom stereocenters. The van der Waals surface area contributed by atoms with Gasteiger partial charge in [-0.1, -0.05) is 11.6 Å². The molecule has 1 aromatic rings. The summed E-state index contributed by atoms with van der Waals surface area (Å²) in [5, 5.41) is 0.541. The summed E-state index contributed by atoms with van der Waals surface area (Å²) in [4.78, 5) is 11.2. The van der Waals surface area contributed by atoms with E-state index in [4.69, 9.17) is 11.6 Å². The van der Waals surface area contributed by atoms with Crippen LogP contribution in [0.25, 0.3) is 0 Å². The molecular formula is C8H5Br2ClO2. The highest BCUT2D eigenvalue weighted by Gasteiger charge is 2.12. The van der Waals surface area contributed by atoms with E-state index in [1.165, 1.54) is 7.11 Å². The molecule has 0 saturated heterocycles. The van der Waals surface area contributed by atoms with Crippen molar-refractivity contribution in [1.29, 1.82) is 0 Å². The van der Waals surface area contributed by atoms with Crippen LogP contribution in [-0.2, 0) is 4.74 Å². The topological polar surface area (TPSA) is 26.3 Å². The van der Waals surface area contributed by atoms with Crippen LogP contribution in [0.5, 0.6) is 0 Å². The lowest BCUT2D eigenvalue weighted by atomic mass is 10.2. The molecule has 0 aliphatic heterocycles. The van der Waals surface area contributed by atoms with Crippen molar-refractivity contribution in [2.24, 2.45) is 0 Å². The highest BCUT2D eigenvalue weighted by Crippen LogP contribution is 2.29. The first-order valence-corrected chi connectivity index (χ1v) is 5.25. The van der Waals surface area contributed by atoms with Gasteiger partial charge in [-0.2, -0.15) is 0 Å². The highest BCUT2D eigenvalue weighted by atomic mass is 79.9. The summed E-state index contributed by atoms with van der Waals surface area (Å²) >= 11 is 12.2. The van der Waals surface area contributed by atoms with Crippen LogP contribution in [0.15, 0.2) is 21.1 Å². The first-order valence-electron chi connectivity index (χ1n) is 3.29. The summed E-state index contributed by atoms with van der Waals surface area (Å²) in [7, 11) is 1.33. The third-order valence-electron chi connectivity index (χ3n) is 1.42. The number of carbonyl (C=O) groups is 1. The minimum atomic E-state index is -0.399. The fourth-order valence-electron chi connectivity index (χ4n) is 0.789. The summed E-state index contributed by atoms with van der Waals surface area (Å²) in [5.74, 6) is -0.399. The number of ether oxygens (including phenoxy) is 1. The molecular weight excluding hydrogens is 323 g/mol. The summed E-state index contributed by atoms with van der Waals surface area (Å²) in [5.41, 5.74) is 0.443. The first-order chi connectivity index (χ1) is 6.06. The second-order valence-corrected chi connectivity index (χ2v) is 4.35. The maximum Gasteiger partial charge on any atom is 0.339 e. The van der Waals surface area contributed by atoms with E-state index in [0.29, 0.717) is 19.5 Å². The molecule has 0 aliphatic rings. The number of esters is 1. The van der Waals surface area contributed by atoms with Gasteiger partial charge in [-0.25, -0.2) is 4.79 Å². The number of halogens is 3.